The number of furan rings is 1. The van der Waals surface area contributed by atoms with Gasteiger partial charge in [-0.05, 0) is 85.3 Å². The summed E-state index contributed by atoms with van der Waals surface area (Å²) in [5, 5.41) is 3.27. The van der Waals surface area contributed by atoms with E-state index in [-0.39, 0.29) is 24.4 Å². The normalized spacial score (nSPS) is 12.4. The zero-order valence-corrected chi connectivity index (χ0v) is 26.9. The summed E-state index contributed by atoms with van der Waals surface area (Å²) in [6.45, 7) is 7.49. The van der Waals surface area contributed by atoms with Gasteiger partial charge in [0.25, 0.3) is 5.91 Å². The molecule has 10 heteroatoms. The number of ether oxygens (including phenoxy) is 1. The maximum absolute atomic E-state index is 13.9. The number of nitrogens with one attached hydrogen (secondary N) is 1. The summed E-state index contributed by atoms with van der Waals surface area (Å²) in [7, 11) is 0. The largest absolute Gasteiger partial charge is 0.464 e. The quantitative estimate of drug-likeness (QED) is 0.106. The summed E-state index contributed by atoms with van der Waals surface area (Å²) in [4.78, 5) is 40.0. The molecular formula is C37H41F2N3O5. The molecule has 4 rings (SSSR count). The van der Waals surface area contributed by atoms with Gasteiger partial charge in [0.1, 0.15) is 23.5 Å². The third-order valence-corrected chi connectivity index (χ3v) is 7.65. The van der Waals surface area contributed by atoms with Crippen molar-refractivity contribution in [1.82, 2.24) is 10.2 Å². The van der Waals surface area contributed by atoms with Crippen LogP contribution in [0.3, 0.4) is 0 Å². The number of benzene rings is 3. The number of esters is 1. The standard InChI is InChI=1S/C37H41F2N3O5/c1-4-10-42(11-5-2)36(44)29-13-24(3)14-30(19-29)37(45)47-34(33(40)18-26-16-31(38)20-32(39)17-26)22-41-21-25-7-6-8-27(15-25)35-28(23-43)9-12-46-35/h6-9,12-17,19-20,23,33-34,41H,4-5,10-11,18,21-22,40H2,1-3H3. The predicted molar refractivity (Wildman–Crippen MR) is 176 cm³/mol. The van der Waals surface area contributed by atoms with Crippen molar-refractivity contribution in [1.29, 1.82) is 0 Å². The Hall–Kier alpha value is -4.67. The number of aldehydes is 1. The maximum Gasteiger partial charge on any atom is 0.338 e. The van der Waals surface area contributed by atoms with Crippen LogP contribution in [0.25, 0.3) is 11.3 Å². The highest BCUT2D eigenvalue weighted by molar-refractivity contribution is 5.98. The minimum absolute atomic E-state index is 0.0390. The molecule has 3 aromatic carbocycles. The third kappa shape index (κ3) is 9.67. The Labute approximate surface area is 273 Å². The number of carbonyl (C=O) groups is 3. The molecule has 0 aliphatic heterocycles. The summed E-state index contributed by atoms with van der Waals surface area (Å²) in [6.07, 6.45) is 2.93. The number of amides is 1. The molecule has 0 radical (unpaired) electrons. The highest BCUT2D eigenvalue weighted by atomic mass is 19.1. The second-order valence-electron chi connectivity index (χ2n) is 11.6. The average molecular weight is 646 g/mol. The fourth-order valence-corrected chi connectivity index (χ4v) is 5.51. The molecule has 248 valence electrons. The summed E-state index contributed by atoms with van der Waals surface area (Å²) in [5.41, 5.74) is 10.2. The molecule has 3 N–H and O–H groups in total. The van der Waals surface area contributed by atoms with Gasteiger partial charge < -0.3 is 25.1 Å². The van der Waals surface area contributed by atoms with E-state index in [1.54, 1.807) is 30.0 Å². The molecule has 47 heavy (non-hydrogen) atoms. The Bertz CT molecular complexity index is 1660. The fraction of sp³-hybridized carbons (Fsp3) is 0.324. The molecule has 1 heterocycles. The fourth-order valence-electron chi connectivity index (χ4n) is 5.51. The van der Waals surface area contributed by atoms with E-state index in [0.717, 1.165) is 41.9 Å². The second kappa shape index (κ2) is 16.8. The van der Waals surface area contributed by atoms with Crippen molar-refractivity contribution in [3.63, 3.8) is 0 Å². The van der Waals surface area contributed by atoms with Gasteiger partial charge in [-0.25, -0.2) is 13.6 Å². The molecule has 0 saturated heterocycles. The van der Waals surface area contributed by atoms with Crippen LogP contribution in [0.4, 0.5) is 8.78 Å². The molecular weight excluding hydrogens is 604 g/mol. The van der Waals surface area contributed by atoms with Crippen LogP contribution in [-0.2, 0) is 17.7 Å². The lowest BCUT2D eigenvalue weighted by Crippen LogP contribution is -2.46. The Morgan fingerprint density at radius 2 is 1.66 bits per heavy atom. The lowest BCUT2D eigenvalue weighted by molar-refractivity contribution is 0.0238. The molecule has 4 aromatic rings. The Morgan fingerprint density at radius 1 is 0.957 bits per heavy atom. The van der Waals surface area contributed by atoms with E-state index >= 15 is 0 Å². The lowest BCUT2D eigenvalue weighted by Gasteiger charge is -2.25. The molecule has 2 atom stereocenters. The van der Waals surface area contributed by atoms with Gasteiger partial charge in [-0.3, -0.25) is 9.59 Å². The Morgan fingerprint density at radius 3 is 2.34 bits per heavy atom. The number of halogens is 2. The SMILES string of the molecule is CCCN(CCC)C(=O)c1cc(C)cc(C(=O)OC(CNCc2cccc(-c3occc3C=O)c2)C(N)Cc2cc(F)cc(F)c2)c1. The van der Waals surface area contributed by atoms with Gasteiger partial charge in [0.15, 0.2) is 6.29 Å². The van der Waals surface area contributed by atoms with Crippen molar-refractivity contribution >= 4 is 18.2 Å². The van der Waals surface area contributed by atoms with E-state index in [9.17, 15) is 23.2 Å². The highest BCUT2D eigenvalue weighted by Gasteiger charge is 2.25. The Kier molecular flexibility index (Phi) is 12.5. The first-order chi connectivity index (χ1) is 22.6. The van der Waals surface area contributed by atoms with Crippen LogP contribution in [0.1, 0.15) is 74.5 Å². The van der Waals surface area contributed by atoms with Crippen LogP contribution in [-0.4, -0.2) is 54.8 Å². The van der Waals surface area contributed by atoms with Crippen molar-refractivity contribution < 1.29 is 32.3 Å². The molecule has 0 spiro atoms. The van der Waals surface area contributed by atoms with E-state index in [4.69, 9.17) is 14.9 Å². The number of nitrogens with zero attached hydrogens (tertiary/aromatic N) is 1. The molecule has 0 fully saturated rings. The summed E-state index contributed by atoms with van der Waals surface area (Å²) in [5.74, 6) is -1.84. The topological polar surface area (TPSA) is 115 Å². The van der Waals surface area contributed by atoms with Gasteiger partial charge >= 0.3 is 5.97 Å². The minimum Gasteiger partial charge on any atom is -0.464 e. The number of aryl methyl sites for hydroxylation is 1. The summed E-state index contributed by atoms with van der Waals surface area (Å²) >= 11 is 0. The number of hydrogen-bond acceptors (Lipinski definition) is 7. The molecule has 2 unspecified atom stereocenters. The van der Waals surface area contributed by atoms with Crippen LogP contribution in [0, 0.1) is 18.6 Å². The van der Waals surface area contributed by atoms with E-state index in [1.807, 2.05) is 38.1 Å². The van der Waals surface area contributed by atoms with Crippen molar-refractivity contribution in [2.45, 2.75) is 58.7 Å². The molecule has 8 nitrogen and oxygen atoms in total. The smallest absolute Gasteiger partial charge is 0.338 e. The van der Waals surface area contributed by atoms with Crippen molar-refractivity contribution in [2.75, 3.05) is 19.6 Å². The van der Waals surface area contributed by atoms with Gasteiger partial charge in [0.05, 0.1) is 17.4 Å². The number of nitrogens with two attached hydrogens (primary N) is 1. The van der Waals surface area contributed by atoms with Crippen LogP contribution >= 0.6 is 0 Å². The van der Waals surface area contributed by atoms with E-state index in [0.29, 0.717) is 42.1 Å². The van der Waals surface area contributed by atoms with E-state index in [2.05, 4.69) is 5.32 Å². The monoisotopic (exact) mass is 645 g/mol. The van der Waals surface area contributed by atoms with Gasteiger partial charge in [0.2, 0.25) is 0 Å². The zero-order valence-electron chi connectivity index (χ0n) is 26.9. The second-order valence-corrected chi connectivity index (χ2v) is 11.6. The average Bonchev–Trinajstić information content (AvgIpc) is 3.52. The van der Waals surface area contributed by atoms with Gasteiger partial charge in [0, 0.05) is 49.4 Å². The first-order valence-corrected chi connectivity index (χ1v) is 15.8. The van der Waals surface area contributed by atoms with Crippen LogP contribution in [0.2, 0.25) is 0 Å². The molecule has 0 saturated carbocycles. The van der Waals surface area contributed by atoms with Crippen molar-refractivity contribution in [3.8, 4) is 11.3 Å². The molecule has 1 amide bonds. The molecule has 1 aromatic heterocycles. The minimum atomic E-state index is -0.903. The van der Waals surface area contributed by atoms with Crippen LogP contribution in [0.5, 0.6) is 0 Å². The van der Waals surface area contributed by atoms with Crippen molar-refractivity contribution in [2.24, 2.45) is 5.73 Å². The maximum atomic E-state index is 13.9. The number of rotatable bonds is 16. The van der Waals surface area contributed by atoms with Crippen LogP contribution < -0.4 is 11.1 Å². The number of hydrogen-bond donors (Lipinski definition) is 2. The lowest BCUT2D eigenvalue weighted by atomic mass is 10.0. The number of carbonyl (C=O) groups excluding carboxylic acids is 3. The van der Waals surface area contributed by atoms with Gasteiger partial charge in [-0.2, -0.15) is 0 Å². The highest BCUT2D eigenvalue weighted by Crippen LogP contribution is 2.25. The van der Waals surface area contributed by atoms with E-state index < -0.39 is 29.7 Å². The summed E-state index contributed by atoms with van der Waals surface area (Å²) < 4.78 is 39.3. The molecule has 0 aliphatic carbocycles. The third-order valence-electron chi connectivity index (χ3n) is 7.65. The van der Waals surface area contributed by atoms with Crippen LogP contribution in [0.15, 0.2) is 77.4 Å². The summed E-state index contributed by atoms with van der Waals surface area (Å²) in [6, 6.07) is 16.3. The first kappa shape index (κ1) is 35.2. The van der Waals surface area contributed by atoms with Gasteiger partial charge in [-0.15, -0.1) is 0 Å². The van der Waals surface area contributed by atoms with E-state index in [1.165, 1.54) is 24.5 Å². The Balaban J connectivity index is 1.53. The van der Waals surface area contributed by atoms with Crippen molar-refractivity contribution in [3.05, 3.63) is 118 Å². The van der Waals surface area contributed by atoms with Gasteiger partial charge in [-0.1, -0.05) is 32.0 Å². The molecule has 0 aliphatic rings. The first-order valence-electron chi connectivity index (χ1n) is 15.8. The predicted octanol–water partition coefficient (Wildman–Crippen LogP) is 6.49. The zero-order chi connectivity index (χ0) is 33.9. The molecule has 0 bridgehead atoms.